The summed E-state index contributed by atoms with van der Waals surface area (Å²) >= 11 is 0. The molecule has 108 valence electrons. The summed E-state index contributed by atoms with van der Waals surface area (Å²) < 4.78 is 0. The standard InChI is InChI=1S/C14H25N3O2/c15-13-7-3-2-6-11(13)17(16)14(12(18)19)8-4-1-5-10(14)9-13/h10-11H,1-9,15-16H2,(H,18,19). The lowest BCUT2D eigenvalue weighted by Gasteiger charge is -2.60. The lowest BCUT2D eigenvalue weighted by atomic mass is 9.59. The van der Waals surface area contributed by atoms with E-state index in [0.29, 0.717) is 6.42 Å². The predicted octanol–water partition coefficient (Wildman–Crippen LogP) is 1.22. The van der Waals surface area contributed by atoms with Crippen LogP contribution in [-0.4, -0.2) is 33.2 Å². The van der Waals surface area contributed by atoms with Crippen LogP contribution in [-0.2, 0) is 4.79 Å². The number of aliphatic carboxylic acids is 1. The predicted molar refractivity (Wildman–Crippen MR) is 72.1 cm³/mol. The zero-order valence-electron chi connectivity index (χ0n) is 11.5. The largest absolute Gasteiger partial charge is 0.480 e. The fourth-order valence-corrected chi connectivity index (χ4v) is 4.87. The van der Waals surface area contributed by atoms with E-state index in [-0.39, 0.29) is 17.5 Å². The number of fused-ring (bicyclic) bond motifs is 2. The minimum absolute atomic E-state index is 0.0340. The lowest BCUT2D eigenvalue weighted by Crippen LogP contribution is -2.77. The van der Waals surface area contributed by atoms with Gasteiger partial charge in [-0.1, -0.05) is 25.7 Å². The van der Waals surface area contributed by atoms with Crippen molar-refractivity contribution >= 4 is 5.97 Å². The Hall–Kier alpha value is -0.650. The molecule has 1 heterocycles. The molecule has 3 fully saturated rings. The van der Waals surface area contributed by atoms with Gasteiger partial charge >= 0.3 is 5.97 Å². The van der Waals surface area contributed by atoms with Crippen molar-refractivity contribution in [1.29, 1.82) is 0 Å². The fraction of sp³-hybridized carbons (Fsp3) is 0.929. The van der Waals surface area contributed by atoms with Crippen molar-refractivity contribution in [3.63, 3.8) is 0 Å². The van der Waals surface area contributed by atoms with Gasteiger partial charge < -0.3 is 10.8 Å². The number of rotatable bonds is 1. The highest BCUT2D eigenvalue weighted by molar-refractivity contribution is 5.79. The van der Waals surface area contributed by atoms with Crippen molar-refractivity contribution in [2.75, 3.05) is 0 Å². The van der Waals surface area contributed by atoms with Crippen LogP contribution in [0.15, 0.2) is 0 Å². The van der Waals surface area contributed by atoms with E-state index in [0.717, 1.165) is 51.4 Å². The summed E-state index contributed by atoms with van der Waals surface area (Å²) in [6.45, 7) is 0. The number of hydrogen-bond acceptors (Lipinski definition) is 4. The molecular weight excluding hydrogens is 242 g/mol. The van der Waals surface area contributed by atoms with Gasteiger partial charge in [-0.05, 0) is 38.0 Å². The highest BCUT2D eigenvalue weighted by atomic mass is 16.4. The van der Waals surface area contributed by atoms with E-state index in [1.807, 2.05) is 0 Å². The second-order valence-electron chi connectivity index (χ2n) is 6.78. The summed E-state index contributed by atoms with van der Waals surface area (Å²) in [5.74, 6) is 5.71. The van der Waals surface area contributed by atoms with Crippen molar-refractivity contribution in [2.24, 2.45) is 17.5 Å². The van der Waals surface area contributed by atoms with Crippen LogP contribution >= 0.6 is 0 Å². The zero-order chi connectivity index (χ0) is 13.7. The Bertz CT molecular complexity index is 389. The van der Waals surface area contributed by atoms with Crippen LogP contribution in [0.4, 0.5) is 0 Å². The Morgan fingerprint density at radius 2 is 1.84 bits per heavy atom. The number of carboxylic acids is 1. The van der Waals surface area contributed by atoms with Gasteiger partial charge in [0, 0.05) is 11.6 Å². The van der Waals surface area contributed by atoms with E-state index in [4.69, 9.17) is 11.6 Å². The molecule has 5 N–H and O–H groups in total. The maximum absolute atomic E-state index is 11.9. The molecule has 0 bridgehead atoms. The Kier molecular flexibility index (Phi) is 3.11. The van der Waals surface area contributed by atoms with E-state index in [2.05, 4.69) is 0 Å². The molecule has 0 spiro atoms. The topological polar surface area (TPSA) is 92.6 Å². The number of piperidine rings is 1. The number of carbonyl (C=O) groups is 1. The maximum Gasteiger partial charge on any atom is 0.325 e. The van der Waals surface area contributed by atoms with Gasteiger partial charge in [-0.2, -0.15) is 0 Å². The highest BCUT2D eigenvalue weighted by Gasteiger charge is 2.61. The summed E-state index contributed by atoms with van der Waals surface area (Å²) in [5, 5.41) is 11.5. The average Bonchev–Trinajstić information content (AvgIpc) is 2.38. The quantitative estimate of drug-likeness (QED) is 0.621. The third kappa shape index (κ3) is 1.75. The van der Waals surface area contributed by atoms with Crippen LogP contribution in [0.1, 0.15) is 57.8 Å². The molecule has 3 aliphatic rings. The van der Waals surface area contributed by atoms with Crippen LogP contribution in [0.5, 0.6) is 0 Å². The van der Waals surface area contributed by atoms with E-state index in [1.165, 1.54) is 0 Å². The van der Waals surface area contributed by atoms with E-state index in [1.54, 1.807) is 5.01 Å². The van der Waals surface area contributed by atoms with Gasteiger partial charge in [0.15, 0.2) is 0 Å². The molecule has 0 aromatic heterocycles. The van der Waals surface area contributed by atoms with Gasteiger partial charge in [-0.3, -0.25) is 10.6 Å². The summed E-state index contributed by atoms with van der Waals surface area (Å²) in [7, 11) is 0. The second-order valence-corrected chi connectivity index (χ2v) is 6.78. The Morgan fingerprint density at radius 1 is 1.16 bits per heavy atom. The molecule has 0 aromatic carbocycles. The maximum atomic E-state index is 11.9. The van der Waals surface area contributed by atoms with E-state index >= 15 is 0 Å². The molecule has 19 heavy (non-hydrogen) atoms. The van der Waals surface area contributed by atoms with Gasteiger partial charge in [-0.25, -0.2) is 5.01 Å². The van der Waals surface area contributed by atoms with E-state index in [9.17, 15) is 9.90 Å². The summed E-state index contributed by atoms with van der Waals surface area (Å²) in [4.78, 5) is 11.9. The minimum Gasteiger partial charge on any atom is -0.480 e. The molecule has 1 aliphatic heterocycles. The molecule has 5 nitrogen and oxygen atoms in total. The summed E-state index contributed by atoms with van der Waals surface area (Å²) in [5.41, 5.74) is 5.48. The van der Waals surface area contributed by atoms with Crippen LogP contribution in [0.3, 0.4) is 0 Å². The molecule has 0 radical (unpaired) electrons. The van der Waals surface area contributed by atoms with Crippen LogP contribution in [0, 0.1) is 5.92 Å². The second kappa shape index (κ2) is 4.43. The van der Waals surface area contributed by atoms with E-state index < -0.39 is 11.5 Å². The molecule has 0 amide bonds. The Balaban J connectivity index is 1.99. The average molecular weight is 267 g/mol. The zero-order valence-corrected chi connectivity index (χ0v) is 11.5. The van der Waals surface area contributed by atoms with Gasteiger partial charge in [-0.15, -0.1) is 0 Å². The fourth-order valence-electron chi connectivity index (χ4n) is 4.87. The van der Waals surface area contributed by atoms with Crippen molar-refractivity contribution in [3.05, 3.63) is 0 Å². The van der Waals surface area contributed by atoms with Crippen LogP contribution in [0.2, 0.25) is 0 Å². The first-order valence-electron chi connectivity index (χ1n) is 7.57. The molecule has 5 heteroatoms. The highest BCUT2D eigenvalue weighted by Crippen LogP contribution is 2.50. The molecule has 4 atom stereocenters. The van der Waals surface area contributed by atoms with Gasteiger partial charge in [0.25, 0.3) is 0 Å². The monoisotopic (exact) mass is 267 g/mol. The number of carboxylic acid groups (broad SMARTS) is 1. The molecule has 1 saturated heterocycles. The van der Waals surface area contributed by atoms with Gasteiger partial charge in [0.05, 0.1) is 0 Å². The Morgan fingerprint density at radius 3 is 2.58 bits per heavy atom. The molecule has 2 saturated carbocycles. The van der Waals surface area contributed by atoms with Gasteiger partial charge in [0.2, 0.25) is 0 Å². The lowest BCUT2D eigenvalue weighted by molar-refractivity contribution is -0.177. The van der Waals surface area contributed by atoms with Crippen LogP contribution in [0.25, 0.3) is 0 Å². The number of nitrogens with zero attached hydrogens (tertiary/aromatic N) is 1. The SMILES string of the molecule is NN1C2CCCCC2(N)CC2CCCCC21C(=O)O. The van der Waals surface area contributed by atoms with Gasteiger partial charge in [0.1, 0.15) is 5.54 Å². The first kappa shape index (κ1) is 13.3. The van der Waals surface area contributed by atoms with Crippen molar-refractivity contribution in [2.45, 2.75) is 74.9 Å². The number of hydrazine groups is 1. The summed E-state index contributed by atoms with van der Waals surface area (Å²) in [6, 6.07) is 0.0340. The minimum atomic E-state index is -0.858. The van der Waals surface area contributed by atoms with Crippen molar-refractivity contribution < 1.29 is 9.90 Å². The van der Waals surface area contributed by atoms with Crippen molar-refractivity contribution in [3.8, 4) is 0 Å². The van der Waals surface area contributed by atoms with Crippen molar-refractivity contribution in [1.82, 2.24) is 5.01 Å². The molecule has 2 aliphatic carbocycles. The first-order valence-corrected chi connectivity index (χ1v) is 7.57. The third-order valence-corrected chi connectivity index (χ3v) is 5.86. The smallest absolute Gasteiger partial charge is 0.325 e. The number of hydrogen-bond donors (Lipinski definition) is 3. The summed E-state index contributed by atoms with van der Waals surface area (Å²) in [6.07, 6.45) is 8.70. The Labute approximate surface area is 114 Å². The first-order chi connectivity index (χ1) is 9.01. The third-order valence-electron chi connectivity index (χ3n) is 5.86. The molecule has 3 rings (SSSR count). The van der Waals surface area contributed by atoms with Crippen LogP contribution < -0.4 is 11.6 Å². The molecular formula is C14H25N3O2. The molecule has 0 aromatic rings. The number of nitrogens with two attached hydrogens (primary N) is 2. The normalized spacial score (nSPS) is 47.3. The molecule has 4 unspecified atom stereocenters.